The molecule has 0 radical (unpaired) electrons. The van der Waals surface area contributed by atoms with Crippen LogP contribution in [0.25, 0.3) is 0 Å². The fourth-order valence-corrected chi connectivity index (χ4v) is 4.21. The third-order valence-electron chi connectivity index (χ3n) is 5.66. The minimum atomic E-state index is -0.974. The van der Waals surface area contributed by atoms with Gasteiger partial charge in [0.2, 0.25) is 0 Å². The molecule has 0 aliphatic carbocycles. The second-order valence-electron chi connectivity index (χ2n) is 7.64. The van der Waals surface area contributed by atoms with Gasteiger partial charge in [-0.25, -0.2) is 4.39 Å². The van der Waals surface area contributed by atoms with Gasteiger partial charge < -0.3 is 10.0 Å². The van der Waals surface area contributed by atoms with E-state index in [0.29, 0.717) is 30.0 Å². The zero-order valence-corrected chi connectivity index (χ0v) is 17.7. The van der Waals surface area contributed by atoms with Crippen molar-refractivity contribution in [2.75, 3.05) is 31.1 Å². The van der Waals surface area contributed by atoms with Crippen LogP contribution in [0.5, 0.6) is 0 Å². The van der Waals surface area contributed by atoms with Crippen LogP contribution in [0, 0.1) is 12.7 Å². The zero-order chi connectivity index (χ0) is 21.1. The predicted octanol–water partition coefficient (Wildman–Crippen LogP) is 4.59. The minimum Gasteiger partial charge on any atom is -0.382 e. The van der Waals surface area contributed by atoms with Gasteiger partial charge in [-0.05, 0) is 36.2 Å². The maximum absolute atomic E-state index is 14.9. The van der Waals surface area contributed by atoms with Crippen LogP contribution in [0.4, 0.5) is 10.1 Å². The standard InChI is InChI=1S/C24H25ClFN3O/c1-17-6-5-11-27-22(17)24(30)19-8-4-10-21(26)23(19)29-14-12-28(13-15-29)16-18-7-2-3-9-20(18)25/h2-11,24,30H,12-16H2,1H3. The van der Waals surface area contributed by atoms with E-state index in [4.69, 9.17) is 11.6 Å². The molecule has 6 heteroatoms. The van der Waals surface area contributed by atoms with Crippen LogP contribution >= 0.6 is 11.6 Å². The molecule has 1 unspecified atom stereocenters. The number of aryl methyl sites for hydroxylation is 1. The van der Waals surface area contributed by atoms with E-state index in [-0.39, 0.29) is 5.82 Å². The van der Waals surface area contributed by atoms with Gasteiger partial charge in [0, 0.05) is 49.5 Å². The highest BCUT2D eigenvalue weighted by Gasteiger charge is 2.26. The lowest BCUT2D eigenvalue weighted by molar-refractivity contribution is 0.213. The highest BCUT2D eigenvalue weighted by molar-refractivity contribution is 6.31. The molecule has 1 aliphatic heterocycles. The van der Waals surface area contributed by atoms with Gasteiger partial charge in [0.1, 0.15) is 11.9 Å². The highest BCUT2D eigenvalue weighted by Crippen LogP contribution is 2.34. The molecule has 2 aromatic carbocycles. The largest absolute Gasteiger partial charge is 0.382 e. The number of aliphatic hydroxyl groups excluding tert-OH is 1. The van der Waals surface area contributed by atoms with Crippen LogP contribution in [-0.4, -0.2) is 41.2 Å². The van der Waals surface area contributed by atoms with Gasteiger partial charge in [-0.3, -0.25) is 9.88 Å². The Bertz CT molecular complexity index is 1020. The van der Waals surface area contributed by atoms with Gasteiger partial charge in [-0.15, -0.1) is 0 Å². The maximum atomic E-state index is 14.9. The van der Waals surface area contributed by atoms with Crippen molar-refractivity contribution < 1.29 is 9.50 Å². The number of hydrogen-bond donors (Lipinski definition) is 1. The van der Waals surface area contributed by atoms with Gasteiger partial charge in [-0.2, -0.15) is 0 Å². The van der Waals surface area contributed by atoms with Crippen molar-refractivity contribution in [1.29, 1.82) is 0 Å². The van der Waals surface area contributed by atoms with Crippen molar-refractivity contribution in [2.45, 2.75) is 19.6 Å². The van der Waals surface area contributed by atoms with E-state index in [1.54, 1.807) is 18.3 Å². The monoisotopic (exact) mass is 425 g/mol. The molecule has 0 bridgehead atoms. The first kappa shape index (κ1) is 20.8. The molecule has 4 rings (SSSR count). The average molecular weight is 426 g/mol. The van der Waals surface area contributed by atoms with Crippen LogP contribution in [0.15, 0.2) is 60.8 Å². The van der Waals surface area contributed by atoms with Gasteiger partial charge in [0.05, 0.1) is 11.4 Å². The fourth-order valence-electron chi connectivity index (χ4n) is 4.01. The molecule has 30 heavy (non-hydrogen) atoms. The number of anilines is 1. The summed E-state index contributed by atoms with van der Waals surface area (Å²) >= 11 is 6.30. The maximum Gasteiger partial charge on any atom is 0.146 e. The van der Waals surface area contributed by atoms with E-state index in [2.05, 4.69) is 9.88 Å². The molecule has 156 valence electrons. The smallest absolute Gasteiger partial charge is 0.146 e. The van der Waals surface area contributed by atoms with Gasteiger partial charge in [0.15, 0.2) is 0 Å². The number of halogens is 2. The predicted molar refractivity (Wildman–Crippen MR) is 118 cm³/mol. The van der Waals surface area contributed by atoms with E-state index in [1.165, 1.54) is 6.07 Å². The summed E-state index contributed by atoms with van der Waals surface area (Å²) in [5.74, 6) is -0.320. The summed E-state index contributed by atoms with van der Waals surface area (Å²) in [5.41, 5.74) is 3.55. The molecule has 1 saturated heterocycles. The Kier molecular flexibility index (Phi) is 6.32. The zero-order valence-electron chi connectivity index (χ0n) is 16.9. The number of aromatic nitrogens is 1. The van der Waals surface area contributed by atoms with Crippen LogP contribution in [0.2, 0.25) is 5.02 Å². The summed E-state index contributed by atoms with van der Waals surface area (Å²) in [6.07, 6.45) is 0.677. The molecule has 1 aromatic heterocycles. The molecule has 0 spiro atoms. The summed E-state index contributed by atoms with van der Waals surface area (Å²) in [4.78, 5) is 8.67. The molecule has 3 aromatic rings. The molecule has 1 aliphatic rings. The third-order valence-corrected chi connectivity index (χ3v) is 6.03. The third kappa shape index (κ3) is 4.33. The molecule has 2 heterocycles. The lowest BCUT2D eigenvalue weighted by Crippen LogP contribution is -2.46. The number of nitrogens with zero attached hydrogens (tertiary/aromatic N) is 3. The lowest BCUT2D eigenvalue weighted by Gasteiger charge is -2.37. The van der Waals surface area contributed by atoms with Gasteiger partial charge in [-0.1, -0.05) is 48.0 Å². The SMILES string of the molecule is Cc1cccnc1C(O)c1cccc(F)c1N1CCN(Cc2ccccc2Cl)CC1. The van der Waals surface area contributed by atoms with Crippen molar-refractivity contribution >= 4 is 17.3 Å². The minimum absolute atomic E-state index is 0.320. The van der Waals surface area contributed by atoms with Crippen molar-refractivity contribution in [3.05, 3.63) is 94.0 Å². The van der Waals surface area contributed by atoms with Crippen LogP contribution < -0.4 is 4.90 Å². The van der Waals surface area contributed by atoms with Gasteiger partial charge in [0.25, 0.3) is 0 Å². The highest BCUT2D eigenvalue weighted by atomic mass is 35.5. The van der Waals surface area contributed by atoms with Crippen molar-refractivity contribution in [3.8, 4) is 0 Å². The molecule has 1 atom stereocenters. The van der Waals surface area contributed by atoms with Crippen molar-refractivity contribution in [3.63, 3.8) is 0 Å². The topological polar surface area (TPSA) is 39.6 Å². The molecule has 0 amide bonds. The Morgan fingerprint density at radius 3 is 2.53 bits per heavy atom. The summed E-state index contributed by atoms with van der Waals surface area (Å²) in [6, 6.07) is 16.5. The van der Waals surface area contributed by atoms with E-state index < -0.39 is 6.10 Å². The molecular weight excluding hydrogens is 401 g/mol. The number of rotatable bonds is 5. The second-order valence-corrected chi connectivity index (χ2v) is 8.05. The van der Waals surface area contributed by atoms with Crippen LogP contribution in [0.3, 0.4) is 0 Å². The Hall–Kier alpha value is -2.47. The number of aliphatic hydroxyl groups is 1. The summed E-state index contributed by atoms with van der Waals surface area (Å²) < 4.78 is 14.9. The fraction of sp³-hybridized carbons (Fsp3) is 0.292. The lowest BCUT2D eigenvalue weighted by atomic mass is 9.99. The quantitative estimate of drug-likeness (QED) is 0.649. The molecular formula is C24H25ClFN3O. The van der Waals surface area contributed by atoms with E-state index in [0.717, 1.165) is 35.8 Å². The first-order valence-corrected chi connectivity index (χ1v) is 10.5. The van der Waals surface area contributed by atoms with Crippen molar-refractivity contribution in [1.82, 2.24) is 9.88 Å². The number of hydrogen-bond acceptors (Lipinski definition) is 4. The molecule has 1 fully saturated rings. The number of piperazine rings is 1. The van der Waals surface area contributed by atoms with Crippen LogP contribution in [0.1, 0.15) is 28.5 Å². The Morgan fingerprint density at radius 2 is 1.80 bits per heavy atom. The second kappa shape index (κ2) is 9.13. The van der Waals surface area contributed by atoms with Crippen molar-refractivity contribution in [2.24, 2.45) is 0 Å². The first-order chi connectivity index (χ1) is 14.5. The van der Waals surface area contributed by atoms with E-state index in [9.17, 15) is 9.50 Å². The van der Waals surface area contributed by atoms with E-state index >= 15 is 0 Å². The molecule has 0 saturated carbocycles. The van der Waals surface area contributed by atoms with Gasteiger partial charge >= 0.3 is 0 Å². The first-order valence-electron chi connectivity index (χ1n) is 10.1. The Labute approximate surface area is 181 Å². The normalized spacial score (nSPS) is 15.9. The molecule has 4 nitrogen and oxygen atoms in total. The number of pyridine rings is 1. The average Bonchev–Trinajstić information content (AvgIpc) is 2.76. The summed E-state index contributed by atoms with van der Waals surface area (Å²) in [7, 11) is 0. The summed E-state index contributed by atoms with van der Waals surface area (Å²) in [6.45, 7) is 5.60. The molecule has 1 N–H and O–H groups in total. The summed E-state index contributed by atoms with van der Waals surface area (Å²) in [5, 5.41) is 11.8. The Morgan fingerprint density at radius 1 is 1.03 bits per heavy atom. The number of benzene rings is 2. The van der Waals surface area contributed by atoms with E-state index in [1.807, 2.05) is 48.2 Å². The Balaban J connectivity index is 1.53. The number of para-hydroxylation sites is 1. The van der Waals surface area contributed by atoms with Crippen LogP contribution in [-0.2, 0) is 6.54 Å².